The normalized spacial score (nSPS) is 11.0. The Morgan fingerprint density at radius 3 is 2.78 bits per heavy atom. The van der Waals surface area contributed by atoms with E-state index in [4.69, 9.17) is 9.15 Å². The van der Waals surface area contributed by atoms with Gasteiger partial charge in [-0.05, 0) is 23.6 Å². The molecule has 0 bridgehead atoms. The lowest BCUT2D eigenvalue weighted by Crippen LogP contribution is -2.40. The smallest absolute Gasteiger partial charge is 0.236 e. The number of rotatable bonds is 7. The lowest BCUT2D eigenvalue weighted by Gasteiger charge is -2.21. The fourth-order valence-corrected chi connectivity index (χ4v) is 3.03. The first-order chi connectivity index (χ1) is 12.8. The van der Waals surface area contributed by atoms with Gasteiger partial charge in [-0.15, -0.1) is 35.3 Å². The highest BCUT2D eigenvalue weighted by Gasteiger charge is 2.10. The Morgan fingerprint density at radius 2 is 2.07 bits per heavy atom. The van der Waals surface area contributed by atoms with Crippen LogP contribution in [0.25, 0.3) is 10.8 Å². The molecule has 6 nitrogen and oxygen atoms in total. The molecule has 27 heavy (non-hydrogen) atoms. The third-order valence-electron chi connectivity index (χ3n) is 3.72. The maximum atomic E-state index is 5.73. The number of aliphatic imine (C=N–C) groups is 1. The van der Waals surface area contributed by atoms with Crippen molar-refractivity contribution in [1.82, 2.24) is 15.2 Å². The van der Waals surface area contributed by atoms with Crippen molar-refractivity contribution in [3.63, 3.8) is 0 Å². The van der Waals surface area contributed by atoms with Crippen LogP contribution in [-0.2, 0) is 6.54 Å². The molecule has 0 unspecified atom stereocenters. The molecule has 0 aliphatic carbocycles. The van der Waals surface area contributed by atoms with Crippen LogP contribution < -0.4 is 10.1 Å². The first-order valence-corrected chi connectivity index (χ1v) is 9.22. The minimum absolute atomic E-state index is 0. The van der Waals surface area contributed by atoms with Gasteiger partial charge in [0.1, 0.15) is 18.6 Å². The Hall–Kier alpha value is -2.07. The lowest BCUT2D eigenvalue weighted by molar-refractivity contribution is 0.281. The minimum atomic E-state index is 0. The van der Waals surface area contributed by atoms with Crippen LogP contribution in [0.3, 0.4) is 0 Å². The summed E-state index contributed by atoms with van der Waals surface area (Å²) >= 11 is 1.61. The number of nitrogens with zero attached hydrogens (tertiary/aromatic N) is 3. The molecule has 3 rings (SSSR count). The number of hydrogen-bond acceptors (Lipinski definition) is 5. The van der Waals surface area contributed by atoms with E-state index < -0.39 is 0 Å². The number of nitrogens with one attached hydrogen (secondary N) is 1. The summed E-state index contributed by atoms with van der Waals surface area (Å²) in [5, 5.41) is 5.30. The molecule has 0 saturated carbocycles. The summed E-state index contributed by atoms with van der Waals surface area (Å²) in [7, 11) is 3.74. The second-order valence-corrected chi connectivity index (χ2v) is 6.55. The van der Waals surface area contributed by atoms with E-state index in [2.05, 4.69) is 15.3 Å². The lowest BCUT2D eigenvalue weighted by atomic mass is 10.3. The van der Waals surface area contributed by atoms with Crippen molar-refractivity contribution in [2.45, 2.75) is 6.54 Å². The molecule has 0 aliphatic rings. The van der Waals surface area contributed by atoms with Crippen LogP contribution in [0.4, 0.5) is 0 Å². The van der Waals surface area contributed by atoms with Crippen LogP contribution in [0.1, 0.15) is 5.69 Å². The summed E-state index contributed by atoms with van der Waals surface area (Å²) in [6.45, 7) is 1.84. The average molecular weight is 498 g/mol. The van der Waals surface area contributed by atoms with Crippen LogP contribution in [0.5, 0.6) is 5.75 Å². The van der Waals surface area contributed by atoms with E-state index in [0.29, 0.717) is 25.6 Å². The van der Waals surface area contributed by atoms with Gasteiger partial charge in [0.25, 0.3) is 0 Å². The van der Waals surface area contributed by atoms with Gasteiger partial charge in [0.05, 0.1) is 23.7 Å². The zero-order valence-corrected chi connectivity index (χ0v) is 18.4. The predicted molar refractivity (Wildman–Crippen MR) is 120 cm³/mol. The van der Waals surface area contributed by atoms with Crippen LogP contribution in [-0.4, -0.2) is 43.1 Å². The van der Waals surface area contributed by atoms with Gasteiger partial charge in [0, 0.05) is 14.1 Å². The first-order valence-electron chi connectivity index (χ1n) is 8.34. The molecule has 144 valence electrons. The highest BCUT2D eigenvalue weighted by Crippen LogP contribution is 2.23. The highest BCUT2D eigenvalue weighted by atomic mass is 127. The van der Waals surface area contributed by atoms with E-state index in [1.165, 1.54) is 0 Å². The molecule has 0 saturated heterocycles. The SMILES string of the molecule is CN=C(NCc1coc(-c2cccs2)n1)N(C)CCOc1ccccc1.I. The van der Waals surface area contributed by atoms with Gasteiger partial charge in [-0.3, -0.25) is 4.99 Å². The van der Waals surface area contributed by atoms with Gasteiger partial charge in [0.2, 0.25) is 5.89 Å². The van der Waals surface area contributed by atoms with E-state index >= 15 is 0 Å². The number of oxazole rings is 1. The topological polar surface area (TPSA) is 62.9 Å². The summed E-state index contributed by atoms with van der Waals surface area (Å²) in [5.74, 6) is 2.30. The maximum absolute atomic E-state index is 5.73. The zero-order chi connectivity index (χ0) is 18.2. The Labute approximate surface area is 180 Å². The summed E-state index contributed by atoms with van der Waals surface area (Å²) in [5.41, 5.74) is 0.837. The van der Waals surface area contributed by atoms with Crippen LogP contribution >= 0.6 is 35.3 Å². The van der Waals surface area contributed by atoms with E-state index in [-0.39, 0.29) is 24.0 Å². The fourth-order valence-electron chi connectivity index (χ4n) is 2.38. The molecule has 0 fully saturated rings. The highest BCUT2D eigenvalue weighted by molar-refractivity contribution is 14.0. The largest absolute Gasteiger partial charge is 0.492 e. The molecular formula is C19H23IN4O2S. The summed E-state index contributed by atoms with van der Waals surface area (Å²) < 4.78 is 11.3. The number of aromatic nitrogens is 1. The molecule has 8 heteroatoms. The van der Waals surface area contributed by atoms with Crippen molar-refractivity contribution in [3.05, 3.63) is 59.8 Å². The van der Waals surface area contributed by atoms with Gasteiger partial charge in [-0.25, -0.2) is 4.98 Å². The fraction of sp³-hybridized carbons (Fsp3) is 0.263. The van der Waals surface area contributed by atoms with Gasteiger partial charge >= 0.3 is 0 Å². The first kappa shape index (κ1) is 21.2. The van der Waals surface area contributed by atoms with Gasteiger partial charge in [0.15, 0.2) is 5.96 Å². The van der Waals surface area contributed by atoms with Crippen molar-refractivity contribution in [1.29, 1.82) is 0 Å². The summed E-state index contributed by atoms with van der Waals surface area (Å²) in [6, 6.07) is 13.8. The van der Waals surface area contributed by atoms with Crippen LogP contribution in [0.15, 0.2) is 63.5 Å². The molecule has 3 aromatic rings. The van der Waals surface area contributed by atoms with Gasteiger partial charge < -0.3 is 19.4 Å². The molecule has 0 radical (unpaired) electrons. The van der Waals surface area contributed by atoms with E-state index in [1.807, 2.05) is 59.8 Å². The number of hydrogen-bond donors (Lipinski definition) is 1. The second-order valence-electron chi connectivity index (χ2n) is 5.61. The molecule has 1 aromatic carbocycles. The van der Waals surface area contributed by atoms with Crippen LogP contribution in [0, 0.1) is 0 Å². The second kappa shape index (κ2) is 10.9. The number of para-hydroxylation sites is 1. The minimum Gasteiger partial charge on any atom is -0.492 e. The number of halogens is 1. The van der Waals surface area contributed by atoms with E-state index in [9.17, 15) is 0 Å². The summed E-state index contributed by atoms with van der Waals surface area (Å²) in [6.07, 6.45) is 1.67. The maximum Gasteiger partial charge on any atom is 0.236 e. The van der Waals surface area contributed by atoms with E-state index in [1.54, 1.807) is 24.6 Å². The molecule has 2 heterocycles. The molecule has 1 N–H and O–H groups in total. The Balaban J connectivity index is 0.00000261. The Bertz CT molecular complexity index is 821. The molecule has 0 aliphatic heterocycles. The van der Waals surface area contributed by atoms with Crippen molar-refractivity contribution in [2.24, 2.45) is 4.99 Å². The average Bonchev–Trinajstić information content (AvgIpc) is 3.35. The molecule has 0 amide bonds. The standard InChI is InChI=1S/C19H22N4O2S.HI/c1-20-19(23(2)10-11-24-16-7-4-3-5-8-16)21-13-15-14-25-18(22-15)17-9-6-12-26-17;/h3-9,12,14H,10-11,13H2,1-2H3,(H,20,21);1H. The number of benzene rings is 1. The van der Waals surface area contributed by atoms with Gasteiger partial charge in [-0.1, -0.05) is 24.3 Å². The monoisotopic (exact) mass is 498 g/mol. The van der Waals surface area contributed by atoms with Crippen molar-refractivity contribution < 1.29 is 9.15 Å². The van der Waals surface area contributed by atoms with Crippen LogP contribution in [0.2, 0.25) is 0 Å². The third kappa shape index (κ3) is 6.24. The third-order valence-corrected chi connectivity index (χ3v) is 4.58. The van der Waals surface area contributed by atoms with Crippen molar-refractivity contribution in [3.8, 4) is 16.5 Å². The molecule has 0 spiro atoms. The van der Waals surface area contributed by atoms with Gasteiger partial charge in [-0.2, -0.15) is 0 Å². The predicted octanol–water partition coefficient (Wildman–Crippen LogP) is 4.11. The Morgan fingerprint density at radius 1 is 1.26 bits per heavy atom. The molecule has 2 aromatic heterocycles. The van der Waals surface area contributed by atoms with E-state index in [0.717, 1.165) is 22.3 Å². The molecule has 0 atom stereocenters. The zero-order valence-electron chi connectivity index (χ0n) is 15.3. The quantitative estimate of drug-likeness (QED) is 0.302. The molecular weight excluding hydrogens is 475 g/mol. The Kier molecular flexibility index (Phi) is 8.59. The number of thiophene rings is 1. The van der Waals surface area contributed by atoms with Crippen molar-refractivity contribution >= 4 is 41.3 Å². The number of guanidine groups is 1. The van der Waals surface area contributed by atoms with Crippen molar-refractivity contribution in [2.75, 3.05) is 27.2 Å². The summed E-state index contributed by atoms with van der Waals surface area (Å²) in [4.78, 5) is 11.8. The number of likely N-dealkylation sites (N-methyl/N-ethyl adjacent to an activating group) is 1. The number of ether oxygens (including phenoxy) is 1.